The van der Waals surface area contributed by atoms with Gasteiger partial charge in [0.25, 0.3) is 0 Å². The van der Waals surface area contributed by atoms with Crippen LogP contribution >= 0.6 is 0 Å². The molecule has 0 saturated heterocycles. The van der Waals surface area contributed by atoms with E-state index in [0.717, 1.165) is 18.2 Å². The number of aliphatic carboxylic acids is 1. The molecule has 2 nitrogen and oxygen atoms in total. The Kier molecular flexibility index (Phi) is 2.03. The minimum absolute atomic E-state index is 0.162. The fourth-order valence-electron chi connectivity index (χ4n) is 1.96. The molecular weight excluding hydrogens is 202 g/mol. The monoisotopic (exact) mass is 212 g/mol. The number of hydrogen-bond donors (Lipinski definition) is 1. The molecule has 0 heterocycles. The van der Waals surface area contributed by atoms with Gasteiger partial charge < -0.3 is 5.11 Å². The Labute approximate surface area is 85.5 Å². The third-order valence-corrected chi connectivity index (χ3v) is 3.08. The van der Waals surface area contributed by atoms with Crippen LogP contribution in [0.25, 0.3) is 0 Å². The van der Waals surface area contributed by atoms with E-state index in [9.17, 15) is 13.6 Å². The van der Waals surface area contributed by atoms with Crippen LogP contribution in [-0.2, 0) is 10.2 Å². The van der Waals surface area contributed by atoms with Gasteiger partial charge in [-0.2, -0.15) is 0 Å². The quantitative estimate of drug-likeness (QED) is 0.816. The van der Waals surface area contributed by atoms with Crippen molar-refractivity contribution in [1.82, 2.24) is 0 Å². The summed E-state index contributed by atoms with van der Waals surface area (Å²) in [5.41, 5.74) is -0.590. The van der Waals surface area contributed by atoms with Gasteiger partial charge in [0.1, 0.15) is 11.6 Å². The Morgan fingerprint density at radius 2 is 2.20 bits per heavy atom. The van der Waals surface area contributed by atoms with E-state index < -0.39 is 28.9 Å². The Morgan fingerprint density at radius 1 is 1.53 bits per heavy atom. The number of rotatable bonds is 2. The van der Waals surface area contributed by atoms with E-state index in [0.29, 0.717) is 6.42 Å². The lowest BCUT2D eigenvalue weighted by atomic mass is 9.95. The maximum Gasteiger partial charge on any atom is 0.307 e. The highest BCUT2D eigenvalue weighted by atomic mass is 19.1. The first-order valence-electron chi connectivity index (χ1n) is 4.63. The second-order valence-corrected chi connectivity index (χ2v) is 4.14. The molecule has 0 amide bonds. The van der Waals surface area contributed by atoms with Crippen LogP contribution in [0.5, 0.6) is 0 Å². The number of halogens is 2. The van der Waals surface area contributed by atoms with Gasteiger partial charge in [0.2, 0.25) is 0 Å². The van der Waals surface area contributed by atoms with Gasteiger partial charge in [0, 0.05) is 5.41 Å². The second kappa shape index (κ2) is 3.02. The first-order chi connectivity index (χ1) is 6.95. The van der Waals surface area contributed by atoms with Crippen LogP contribution in [0, 0.1) is 17.6 Å². The molecule has 2 rings (SSSR count). The van der Waals surface area contributed by atoms with Crippen molar-refractivity contribution < 1.29 is 18.7 Å². The van der Waals surface area contributed by atoms with Gasteiger partial charge in [0.15, 0.2) is 0 Å². The van der Waals surface area contributed by atoms with Gasteiger partial charge in [-0.05, 0) is 30.2 Å². The molecule has 1 aliphatic rings. The Hall–Kier alpha value is -1.45. The summed E-state index contributed by atoms with van der Waals surface area (Å²) in [5, 5.41) is 8.79. The molecule has 1 aromatic rings. The maximum absolute atomic E-state index is 13.4. The maximum atomic E-state index is 13.4. The molecule has 0 bridgehead atoms. The summed E-state index contributed by atoms with van der Waals surface area (Å²) in [6.45, 7) is 1.64. The van der Waals surface area contributed by atoms with E-state index in [1.807, 2.05) is 0 Å². The van der Waals surface area contributed by atoms with Gasteiger partial charge in [-0.15, -0.1) is 0 Å². The van der Waals surface area contributed by atoms with Crippen LogP contribution < -0.4 is 0 Å². The number of carboxylic acid groups (broad SMARTS) is 1. The lowest BCUT2D eigenvalue weighted by Gasteiger charge is -2.11. The van der Waals surface area contributed by atoms with Crippen LogP contribution in [-0.4, -0.2) is 11.1 Å². The molecule has 80 valence electrons. The van der Waals surface area contributed by atoms with Gasteiger partial charge in [0.05, 0.1) is 5.92 Å². The summed E-state index contributed by atoms with van der Waals surface area (Å²) in [7, 11) is 0. The van der Waals surface area contributed by atoms with Crippen molar-refractivity contribution in [3.63, 3.8) is 0 Å². The van der Waals surface area contributed by atoms with E-state index in [2.05, 4.69) is 0 Å². The molecule has 1 N–H and O–H groups in total. The zero-order valence-electron chi connectivity index (χ0n) is 8.13. The summed E-state index contributed by atoms with van der Waals surface area (Å²) in [5.74, 6) is -2.64. The third kappa shape index (κ3) is 1.50. The Balaban J connectivity index is 2.39. The topological polar surface area (TPSA) is 37.3 Å². The van der Waals surface area contributed by atoms with Crippen molar-refractivity contribution in [2.24, 2.45) is 5.92 Å². The lowest BCUT2D eigenvalue weighted by molar-refractivity contribution is -0.138. The SMILES string of the molecule is C[C@@]1(c2cc(F)ccc2F)C[C@@H]1C(=O)O. The van der Waals surface area contributed by atoms with Crippen LogP contribution in [0.3, 0.4) is 0 Å². The summed E-state index contributed by atoms with van der Waals surface area (Å²) in [6.07, 6.45) is 0.364. The minimum Gasteiger partial charge on any atom is -0.481 e. The number of carboxylic acids is 1. The first-order valence-corrected chi connectivity index (χ1v) is 4.63. The van der Waals surface area contributed by atoms with E-state index in [-0.39, 0.29) is 5.56 Å². The fourth-order valence-corrected chi connectivity index (χ4v) is 1.96. The molecule has 0 aliphatic heterocycles. The lowest BCUT2D eigenvalue weighted by Crippen LogP contribution is -2.13. The molecule has 0 spiro atoms. The zero-order valence-corrected chi connectivity index (χ0v) is 8.13. The fraction of sp³-hybridized carbons (Fsp3) is 0.364. The van der Waals surface area contributed by atoms with E-state index >= 15 is 0 Å². The van der Waals surface area contributed by atoms with Crippen LogP contribution in [0.4, 0.5) is 8.78 Å². The molecule has 1 saturated carbocycles. The molecule has 1 aliphatic carbocycles. The molecule has 0 radical (unpaired) electrons. The largest absolute Gasteiger partial charge is 0.481 e. The van der Waals surface area contributed by atoms with Gasteiger partial charge in [-0.3, -0.25) is 4.79 Å². The van der Waals surface area contributed by atoms with Gasteiger partial charge in [-0.1, -0.05) is 6.92 Å². The number of hydrogen-bond acceptors (Lipinski definition) is 1. The van der Waals surface area contributed by atoms with E-state index in [1.54, 1.807) is 6.92 Å². The van der Waals surface area contributed by atoms with Crippen molar-refractivity contribution >= 4 is 5.97 Å². The second-order valence-electron chi connectivity index (χ2n) is 4.14. The highest BCUT2D eigenvalue weighted by Gasteiger charge is 2.57. The first kappa shape index (κ1) is 10.1. The summed E-state index contributed by atoms with van der Waals surface area (Å²) >= 11 is 0. The van der Waals surface area contributed by atoms with Crippen molar-refractivity contribution in [3.8, 4) is 0 Å². The standard InChI is InChI=1S/C11H10F2O2/c1-11(5-8(11)10(14)15)7-4-6(12)2-3-9(7)13/h2-4,8H,5H2,1H3,(H,14,15)/t8-,11+/m1/s1. The molecule has 4 heteroatoms. The summed E-state index contributed by atoms with van der Waals surface area (Å²) in [6, 6.07) is 3.14. The minimum atomic E-state index is -0.957. The van der Waals surface area contributed by atoms with Gasteiger partial charge in [-0.25, -0.2) is 8.78 Å². The molecule has 0 aromatic heterocycles. The molecule has 2 atom stereocenters. The summed E-state index contributed by atoms with van der Waals surface area (Å²) < 4.78 is 26.3. The van der Waals surface area contributed by atoms with Crippen molar-refractivity contribution in [2.75, 3.05) is 0 Å². The van der Waals surface area contributed by atoms with Crippen molar-refractivity contribution in [3.05, 3.63) is 35.4 Å². The third-order valence-electron chi connectivity index (χ3n) is 3.08. The predicted octanol–water partition coefficient (Wildman–Crippen LogP) is 2.33. The van der Waals surface area contributed by atoms with Crippen LogP contribution in [0.1, 0.15) is 18.9 Å². The normalized spacial score (nSPS) is 28.9. The Morgan fingerprint density at radius 3 is 2.73 bits per heavy atom. The number of benzene rings is 1. The Bertz CT molecular complexity index is 431. The molecule has 1 fully saturated rings. The zero-order chi connectivity index (χ0) is 11.2. The predicted molar refractivity (Wildman–Crippen MR) is 49.5 cm³/mol. The van der Waals surface area contributed by atoms with Gasteiger partial charge >= 0.3 is 5.97 Å². The highest BCUT2D eigenvalue weighted by molar-refractivity contribution is 5.77. The molecule has 1 aromatic carbocycles. The molecule has 0 unspecified atom stereocenters. The van der Waals surface area contributed by atoms with E-state index in [1.165, 1.54) is 0 Å². The van der Waals surface area contributed by atoms with Crippen molar-refractivity contribution in [1.29, 1.82) is 0 Å². The number of carbonyl (C=O) groups is 1. The summed E-state index contributed by atoms with van der Waals surface area (Å²) in [4.78, 5) is 10.7. The molecule has 15 heavy (non-hydrogen) atoms. The average molecular weight is 212 g/mol. The van der Waals surface area contributed by atoms with Crippen LogP contribution in [0.15, 0.2) is 18.2 Å². The highest BCUT2D eigenvalue weighted by Crippen LogP contribution is 2.54. The average Bonchev–Trinajstić information content (AvgIpc) is 2.84. The van der Waals surface area contributed by atoms with Crippen LogP contribution in [0.2, 0.25) is 0 Å². The van der Waals surface area contributed by atoms with Crippen molar-refractivity contribution in [2.45, 2.75) is 18.8 Å². The smallest absolute Gasteiger partial charge is 0.307 e. The molecular formula is C11H10F2O2. The van der Waals surface area contributed by atoms with E-state index in [4.69, 9.17) is 5.11 Å².